The lowest BCUT2D eigenvalue weighted by molar-refractivity contribution is -0.139. The van der Waals surface area contributed by atoms with E-state index in [2.05, 4.69) is 10.6 Å². The fraction of sp³-hybridized carbons (Fsp3) is 0.118. The van der Waals surface area contributed by atoms with Crippen LogP contribution < -0.4 is 10.6 Å². The molecule has 130 valence electrons. The fourth-order valence-corrected chi connectivity index (χ4v) is 2.60. The second kappa shape index (κ2) is 8.50. The first-order valence-electron chi connectivity index (χ1n) is 7.21. The summed E-state index contributed by atoms with van der Waals surface area (Å²) in [6, 6.07) is 11.5. The average Bonchev–Trinajstić information content (AvgIpc) is 2.58. The summed E-state index contributed by atoms with van der Waals surface area (Å²) in [5, 5.41) is 14.2. The highest BCUT2D eigenvalue weighted by Gasteiger charge is 2.24. The molecule has 0 aromatic heterocycles. The van der Waals surface area contributed by atoms with Crippen molar-refractivity contribution in [1.29, 1.82) is 0 Å². The molecule has 0 radical (unpaired) electrons. The molecule has 0 saturated carbocycles. The molecule has 1 atom stereocenters. The van der Waals surface area contributed by atoms with Crippen molar-refractivity contribution in [2.24, 2.45) is 0 Å². The van der Waals surface area contributed by atoms with Gasteiger partial charge in [0, 0.05) is 12.1 Å². The van der Waals surface area contributed by atoms with E-state index in [1.807, 2.05) is 0 Å². The van der Waals surface area contributed by atoms with Gasteiger partial charge in [-0.05, 0) is 24.3 Å². The Hall–Kier alpha value is -2.57. The van der Waals surface area contributed by atoms with Crippen LogP contribution in [0.1, 0.15) is 20.7 Å². The summed E-state index contributed by atoms with van der Waals surface area (Å²) in [7, 11) is 0. The third kappa shape index (κ3) is 4.95. The predicted octanol–water partition coefficient (Wildman–Crippen LogP) is 2.61. The lowest BCUT2D eigenvalue weighted by Crippen LogP contribution is -2.48. The largest absolute Gasteiger partial charge is 0.480 e. The lowest BCUT2D eigenvalue weighted by Gasteiger charge is -2.16. The Labute approximate surface area is 153 Å². The van der Waals surface area contributed by atoms with Gasteiger partial charge < -0.3 is 15.7 Å². The highest BCUT2D eigenvalue weighted by molar-refractivity contribution is 6.39. The second-order valence-corrected chi connectivity index (χ2v) is 5.85. The number of carboxylic acids is 1. The molecule has 2 aromatic carbocycles. The Bertz CT molecular complexity index is 776. The number of hydrogen-bond acceptors (Lipinski definition) is 3. The van der Waals surface area contributed by atoms with Crippen molar-refractivity contribution >= 4 is 41.0 Å². The van der Waals surface area contributed by atoms with Gasteiger partial charge >= 0.3 is 5.97 Å². The van der Waals surface area contributed by atoms with Crippen molar-refractivity contribution in [1.82, 2.24) is 10.6 Å². The molecule has 6 nitrogen and oxygen atoms in total. The van der Waals surface area contributed by atoms with Gasteiger partial charge in [-0.25, -0.2) is 4.79 Å². The Morgan fingerprint density at radius 1 is 0.920 bits per heavy atom. The minimum Gasteiger partial charge on any atom is -0.480 e. The first kappa shape index (κ1) is 18.8. The van der Waals surface area contributed by atoms with Gasteiger partial charge in [-0.3, -0.25) is 9.59 Å². The maximum absolute atomic E-state index is 12.3. The van der Waals surface area contributed by atoms with Crippen LogP contribution in [-0.4, -0.2) is 35.5 Å². The standard InChI is InChI=1S/C17H14Cl2N2O4/c18-11-7-4-8-12(19)14(11)16(23)21-13(17(24)25)9-20-15(22)10-5-2-1-3-6-10/h1-8,13H,9H2,(H,20,22)(H,21,23)(H,24,25). The van der Waals surface area contributed by atoms with Crippen LogP contribution in [0, 0.1) is 0 Å². The van der Waals surface area contributed by atoms with E-state index in [1.165, 1.54) is 12.1 Å². The summed E-state index contributed by atoms with van der Waals surface area (Å²) >= 11 is 11.9. The van der Waals surface area contributed by atoms with Crippen molar-refractivity contribution in [2.75, 3.05) is 6.54 Å². The summed E-state index contributed by atoms with van der Waals surface area (Å²) < 4.78 is 0. The quantitative estimate of drug-likeness (QED) is 0.717. The number of carbonyl (C=O) groups is 3. The molecule has 0 fully saturated rings. The number of benzene rings is 2. The summed E-state index contributed by atoms with van der Waals surface area (Å²) in [5.41, 5.74) is 0.360. The Kier molecular flexibility index (Phi) is 6.38. The van der Waals surface area contributed by atoms with E-state index < -0.39 is 23.8 Å². The molecular formula is C17H14Cl2N2O4. The fourth-order valence-electron chi connectivity index (χ4n) is 2.03. The van der Waals surface area contributed by atoms with Crippen LogP contribution in [-0.2, 0) is 4.79 Å². The molecule has 0 bridgehead atoms. The summed E-state index contributed by atoms with van der Waals surface area (Å²) in [6.45, 7) is -0.295. The van der Waals surface area contributed by atoms with Crippen LogP contribution in [0.25, 0.3) is 0 Å². The average molecular weight is 381 g/mol. The normalized spacial score (nSPS) is 11.4. The molecule has 0 aliphatic carbocycles. The molecular weight excluding hydrogens is 367 g/mol. The first-order valence-corrected chi connectivity index (χ1v) is 7.96. The van der Waals surface area contributed by atoms with Crippen molar-refractivity contribution in [3.8, 4) is 0 Å². The number of rotatable bonds is 6. The van der Waals surface area contributed by atoms with E-state index in [-0.39, 0.29) is 22.2 Å². The molecule has 1 unspecified atom stereocenters. The molecule has 2 aromatic rings. The number of halogens is 2. The van der Waals surface area contributed by atoms with E-state index in [9.17, 15) is 19.5 Å². The van der Waals surface area contributed by atoms with E-state index in [0.29, 0.717) is 5.56 Å². The van der Waals surface area contributed by atoms with E-state index in [0.717, 1.165) is 0 Å². The van der Waals surface area contributed by atoms with Crippen molar-refractivity contribution in [3.05, 3.63) is 69.7 Å². The van der Waals surface area contributed by atoms with Crippen LogP contribution >= 0.6 is 23.2 Å². The summed E-state index contributed by atoms with van der Waals surface area (Å²) in [6.07, 6.45) is 0. The van der Waals surface area contributed by atoms with Gasteiger partial charge in [-0.2, -0.15) is 0 Å². The maximum Gasteiger partial charge on any atom is 0.328 e. The van der Waals surface area contributed by atoms with Crippen LogP contribution in [0.2, 0.25) is 10.0 Å². The van der Waals surface area contributed by atoms with Gasteiger partial charge in [0.25, 0.3) is 11.8 Å². The van der Waals surface area contributed by atoms with Gasteiger partial charge in [0.15, 0.2) is 0 Å². The van der Waals surface area contributed by atoms with Gasteiger partial charge in [0.1, 0.15) is 6.04 Å². The Balaban J connectivity index is 2.05. The molecule has 0 aliphatic heterocycles. The third-order valence-electron chi connectivity index (χ3n) is 3.30. The van der Waals surface area contributed by atoms with Crippen LogP contribution in [0.5, 0.6) is 0 Å². The second-order valence-electron chi connectivity index (χ2n) is 5.04. The van der Waals surface area contributed by atoms with E-state index >= 15 is 0 Å². The number of amides is 2. The number of hydrogen-bond donors (Lipinski definition) is 3. The maximum atomic E-state index is 12.3. The number of carboxylic acid groups (broad SMARTS) is 1. The molecule has 2 amide bonds. The molecule has 0 spiro atoms. The number of nitrogens with one attached hydrogen (secondary N) is 2. The summed E-state index contributed by atoms with van der Waals surface area (Å²) in [4.78, 5) is 35.6. The van der Waals surface area contributed by atoms with Gasteiger partial charge in [-0.1, -0.05) is 47.5 Å². The lowest BCUT2D eigenvalue weighted by atomic mass is 10.1. The van der Waals surface area contributed by atoms with Crippen molar-refractivity contribution in [3.63, 3.8) is 0 Å². The topological polar surface area (TPSA) is 95.5 Å². The molecule has 0 saturated heterocycles. The van der Waals surface area contributed by atoms with Crippen LogP contribution in [0.3, 0.4) is 0 Å². The highest BCUT2D eigenvalue weighted by Crippen LogP contribution is 2.24. The molecule has 25 heavy (non-hydrogen) atoms. The highest BCUT2D eigenvalue weighted by atomic mass is 35.5. The predicted molar refractivity (Wildman–Crippen MR) is 94.1 cm³/mol. The van der Waals surface area contributed by atoms with E-state index in [4.69, 9.17) is 23.2 Å². The molecule has 0 heterocycles. The number of aliphatic carboxylic acids is 1. The SMILES string of the molecule is O=C(NCC(NC(=O)c1c(Cl)cccc1Cl)C(=O)O)c1ccccc1. The smallest absolute Gasteiger partial charge is 0.328 e. The van der Waals surface area contributed by atoms with E-state index in [1.54, 1.807) is 36.4 Å². The minimum atomic E-state index is -1.34. The first-order chi connectivity index (χ1) is 11.9. The minimum absolute atomic E-state index is 0.0218. The van der Waals surface area contributed by atoms with Gasteiger partial charge in [-0.15, -0.1) is 0 Å². The zero-order chi connectivity index (χ0) is 18.4. The molecule has 2 rings (SSSR count). The summed E-state index contributed by atoms with van der Waals surface area (Å²) in [5.74, 6) is -2.49. The Morgan fingerprint density at radius 2 is 1.52 bits per heavy atom. The Morgan fingerprint density at radius 3 is 2.08 bits per heavy atom. The third-order valence-corrected chi connectivity index (χ3v) is 3.93. The monoisotopic (exact) mass is 380 g/mol. The van der Waals surface area contributed by atoms with Crippen LogP contribution in [0.4, 0.5) is 0 Å². The zero-order valence-corrected chi connectivity index (χ0v) is 14.3. The molecule has 8 heteroatoms. The van der Waals surface area contributed by atoms with Crippen molar-refractivity contribution < 1.29 is 19.5 Å². The zero-order valence-electron chi connectivity index (χ0n) is 12.8. The van der Waals surface area contributed by atoms with Crippen molar-refractivity contribution in [2.45, 2.75) is 6.04 Å². The van der Waals surface area contributed by atoms with Gasteiger partial charge in [0.05, 0.1) is 15.6 Å². The molecule has 0 aliphatic rings. The molecule has 3 N–H and O–H groups in total. The van der Waals surface area contributed by atoms with Gasteiger partial charge in [0.2, 0.25) is 0 Å². The van der Waals surface area contributed by atoms with Crippen LogP contribution in [0.15, 0.2) is 48.5 Å². The number of carbonyl (C=O) groups excluding carboxylic acids is 2.